The van der Waals surface area contributed by atoms with E-state index in [0.29, 0.717) is 0 Å². The molecular weight excluding hydrogens is 252 g/mol. The van der Waals surface area contributed by atoms with Crippen LogP contribution in [0.4, 0.5) is 0 Å². The molecule has 1 aliphatic rings. The Bertz CT molecular complexity index is 148. The van der Waals surface area contributed by atoms with E-state index < -0.39 is 3.23 Å². The van der Waals surface area contributed by atoms with E-state index in [9.17, 15) is 4.79 Å². The summed E-state index contributed by atoms with van der Waals surface area (Å²) in [5, 5.41) is 0. The highest BCUT2D eigenvalue weighted by Crippen LogP contribution is 2.32. The molecule has 52 valence electrons. The van der Waals surface area contributed by atoms with Crippen LogP contribution in [0.1, 0.15) is 6.92 Å². The largest absolute Gasteiger partial charge is 0.289 e. The van der Waals surface area contributed by atoms with Crippen LogP contribution in [0, 0.1) is 0 Å². The molecule has 0 unspecified atom stereocenters. The highest BCUT2D eigenvalue weighted by molar-refractivity contribution is 9.26. The monoisotopic (exact) mass is 256 g/mol. The number of alkyl halides is 2. The predicted molar refractivity (Wildman–Crippen MR) is 41.3 cm³/mol. The Kier molecular flexibility index (Phi) is 1.84. The van der Waals surface area contributed by atoms with Crippen molar-refractivity contribution in [2.24, 2.45) is 0 Å². The van der Waals surface area contributed by atoms with Crippen LogP contribution in [0.2, 0.25) is 0 Å². The van der Waals surface area contributed by atoms with Gasteiger partial charge in [-0.15, -0.1) is 0 Å². The van der Waals surface area contributed by atoms with E-state index in [-0.39, 0.29) is 11.9 Å². The topological polar surface area (TPSA) is 41.1 Å². The number of hydrazine groups is 1. The minimum atomic E-state index is -0.625. The van der Waals surface area contributed by atoms with Crippen molar-refractivity contribution in [2.75, 3.05) is 0 Å². The summed E-state index contributed by atoms with van der Waals surface area (Å²) in [5.74, 6) is -0.0880. The fourth-order valence-electron chi connectivity index (χ4n) is 0.544. The molecule has 9 heavy (non-hydrogen) atoms. The van der Waals surface area contributed by atoms with Gasteiger partial charge in [-0.3, -0.25) is 10.2 Å². The van der Waals surface area contributed by atoms with Crippen molar-refractivity contribution in [3.63, 3.8) is 0 Å². The number of carbonyl (C=O) groups excluding carboxylic acids is 1. The van der Waals surface area contributed by atoms with Gasteiger partial charge in [-0.05, 0) is 6.92 Å². The molecule has 5 heteroatoms. The summed E-state index contributed by atoms with van der Waals surface area (Å²) in [6.07, 6.45) is 0. The fourth-order valence-corrected chi connectivity index (χ4v) is 0.972. The van der Waals surface area contributed by atoms with Crippen LogP contribution in [-0.2, 0) is 4.79 Å². The average Bonchev–Trinajstić information content (AvgIpc) is 1.96. The number of rotatable bonds is 0. The first-order valence-corrected chi connectivity index (χ1v) is 4.07. The van der Waals surface area contributed by atoms with Crippen LogP contribution in [0.3, 0.4) is 0 Å². The van der Waals surface area contributed by atoms with Crippen LogP contribution in [-0.4, -0.2) is 15.2 Å². The third-order valence-corrected chi connectivity index (χ3v) is 3.34. The van der Waals surface area contributed by atoms with E-state index in [0.717, 1.165) is 0 Å². The van der Waals surface area contributed by atoms with Crippen molar-refractivity contribution in [1.82, 2.24) is 10.9 Å². The number of carbonyl (C=O) groups is 1. The van der Waals surface area contributed by atoms with Crippen LogP contribution in [0.15, 0.2) is 0 Å². The molecule has 0 radical (unpaired) electrons. The summed E-state index contributed by atoms with van der Waals surface area (Å²) in [5.41, 5.74) is 5.24. The standard InChI is InChI=1S/C4H6Br2N2O/c1-2-4(5,6)3(9)8-7-2/h2,7H,1H3,(H,8,9)/t2-/m1/s1. The zero-order chi connectivity index (χ0) is 7.07. The summed E-state index contributed by atoms with van der Waals surface area (Å²) in [6.45, 7) is 1.89. The van der Waals surface area contributed by atoms with Crippen LogP contribution in [0.5, 0.6) is 0 Å². The number of nitrogens with one attached hydrogen (secondary N) is 2. The Balaban J connectivity index is 2.78. The minimum Gasteiger partial charge on any atom is -0.289 e. The highest BCUT2D eigenvalue weighted by atomic mass is 79.9. The van der Waals surface area contributed by atoms with Crippen molar-refractivity contribution >= 4 is 37.8 Å². The Morgan fingerprint density at radius 3 is 2.33 bits per heavy atom. The lowest BCUT2D eigenvalue weighted by Gasteiger charge is -2.12. The van der Waals surface area contributed by atoms with Gasteiger partial charge in [-0.2, -0.15) is 0 Å². The highest BCUT2D eigenvalue weighted by Gasteiger charge is 2.43. The molecule has 0 saturated carbocycles. The summed E-state index contributed by atoms with van der Waals surface area (Å²) < 4.78 is -0.625. The molecule has 1 amide bonds. The van der Waals surface area contributed by atoms with Gasteiger partial charge in [0, 0.05) is 0 Å². The maximum atomic E-state index is 10.8. The van der Waals surface area contributed by atoms with Crippen LogP contribution < -0.4 is 10.9 Å². The van der Waals surface area contributed by atoms with Gasteiger partial charge in [-0.1, -0.05) is 31.9 Å². The molecule has 0 spiro atoms. The second-order valence-corrected chi connectivity index (χ2v) is 5.51. The van der Waals surface area contributed by atoms with Gasteiger partial charge >= 0.3 is 0 Å². The molecule has 0 aromatic carbocycles. The van der Waals surface area contributed by atoms with E-state index in [4.69, 9.17) is 0 Å². The zero-order valence-electron chi connectivity index (χ0n) is 4.74. The number of hydrogen-bond donors (Lipinski definition) is 2. The third-order valence-electron chi connectivity index (χ3n) is 1.25. The molecule has 0 aromatic rings. The molecule has 1 atom stereocenters. The Labute approximate surface area is 69.8 Å². The Hall–Kier alpha value is 0.390. The minimum absolute atomic E-state index is 0.0602. The van der Waals surface area contributed by atoms with Gasteiger partial charge in [0.25, 0.3) is 5.91 Å². The van der Waals surface area contributed by atoms with Gasteiger partial charge in [0.05, 0.1) is 6.04 Å². The lowest BCUT2D eigenvalue weighted by atomic mass is 10.3. The van der Waals surface area contributed by atoms with Gasteiger partial charge < -0.3 is 0 Å². The summed E-state index contributed by atoms with van der Waals surface area (Å²) in [7, 11) is 0. The molecule has 1 saturated heterocycles. The van der Waals surface area contributed by atoms with Gasteiger partial charge in [0.15, 0.2) is 3.23 Å². The predicted octanol–water partition coefficient (Wildman–Crippen LogP) is 0.495. The molecule has 3 nitrogen and oxygen atoms in total. The first-order valence-electron chi connectivity index (χ1n) is 2.49. The Morgan fingerprint density at radius 2 is 2.22 bits per heavy atom. The maximum absolute atomic E-state index is 10.8. The van der Waals surface area contributed by atoms with Crippen LogP contribution >= 0.6 is 31.9 Å². The van der Waals surface area contributed by atoms with E-state index in [1.807, 2.05) is 6.92 Å². The molecular formula is C4H6Br2N2O. The van der Waals surface area contributed by atoms with Gasteiger partial charge in [0.1, 0.15) is 0 Å². The molecule has 0 aliphatic carbocycles. The first-order chi connectivity index (χ1) is 4.05. The molecule has 1 rings (SSSR count). The lowest BCUT2D eigenvalue weighted by molar-refractivity contribution is -0.119. The molecule has 1 heterocycles. The fraction of sp³-hybridized carbons (Fsp3) is 0.750. The van der Waals surface area contributed by atoms with Gasteiger partial charge in [0.2, 0.25) is 0 Å². The SMILES string of the molecule is C[C@H]1NNC(=O)C1(Br)Br. The zero-order valence-corrected chi connectivity index (χ0v) is 7.91. The summed E-state index contributed by atoms with van der Waals surface area (Å²) >= 11 is 6.43. The molecule has 1 aliphatic heterocycles. The maximum Gasteiger partial charge on any atom is 0.263 e. The Morgan fingerprint density at radius 1 is 1.67 bits per heavy atom. The van der Waals surface area contributed by atoms with E-state index in [1.54, 1.807) is 0 Å². The van der Waals surface area contributed by atoms with Crippen molar-refractivity contribution in [1.29, 1.82) is 0 Å². The van der Waals surface area contributed by atoms with Gasteiger partial charge in [-0.25, -0.2) is 5.43 Å². The molecule has 0 aromatic heterocycles. The average molecular weight is 258 g/mol. The molecule has 1 fully saturated rings. The van der Waals surface area contributed by atoms with E-state index >= 15 is 0 Å². The van der Waals surface area contributed by atoms with Crippen molar-refractivity contribution in [3.8, 4) is 0 Å². The normalized spacial score (nSPS) is 32.3. The van der Waals surface area contributed by atoms with Crippen molar-refractivity contribution in [2.45, 2.75) is 16.2 Å². The quantitative estimate of drug-likeness (QED) is 0.621. The summed E-state index contributed by atoms with van der Waals surface area (Å²) in [4.78, 5) is 10.8. The first kappa shape index (κ1) is 7.50. The number of halogens is 2. The third kappa shape index (κ3) is 1.13. The number of amides is 1. The van der Waals surface area contributed by atoms with Crippen LogP contribution in [0.25, 0.3) is 0 Å². The van der Waals surface area contributed by atoms with Crippen molar-refractivity contribution in [3.05, 3.63) is 0 Å². The van der Waals surface area contributed by atoms with E-state index in [1.165, 1.54) is 0 Å². The van der Waals surface area contributed by atoms with Crippen molar-refractivity contribution < 1.29 is 4.79 Å². The second kappa shape index (κ2) is 2.21. The summed E-state index contributed by atoms with van der Waals surface area (Å²) in [6, 6.07) is 0.0602. The number of hydrogen-bond acceptors (Lipinski definition) is 2. The van der Waals surface area contributed by atoms with E-state index in [2.05, 4.69) is 42.7 Å². The second-order valence-electron chi connectivity index (χ2n) is 1.94. The molecule has 0 bridgehead atoms. The lowest BCUT2D eigenvalue weighted by Crippen LogP contribution is -2.32. The molecule has 2 N–H and O–H groups in total. The smallest absolute Gasteiger partial charge is 0.263 e.